The first-order valence-electron chi connectivity index (χ1n) is 6.69. The second-order valence-electron chi connectivity index (χ2n) is 5.45. The lowest BCUT2D eigenvalue weighted by molar-refractivity contribution is 0.0607. The van der Waals surface area contributed by atoms with E-state index in [0.717, 1.165) is 11.1 Å². The third-order valence-electron chi connectivity index (χ3n) is 3.30. The smallest absolute Gasteiger partial charge is 0.165 e. The van der Waals surface area contributed by atoms with Gasteiger partial charge in [-0.1, -0.05) is 29.8 Å². The van der Waals surface area contributed by atoms with E-state index in [4.69, 9.17) is 16.3 Å². The molecule has 0 fully saturated rings. The lowest BCUT2D eigenvalue weighted by atomic mass is 9.90. The molecule has 2 rings (SSSR count). The molecule has 0 aliphatic rings. The van der Waals surface area contributed by atoms with E-state index in [1.54, 1.807) is 31.2 Å². The fraction of sp³-hybridized carbons (Fsp3) is 0.294. The molecule has 21 heavy (non-hydrogen) atoms. The third-order valence-corrected chi connectivity index (χ3v) is 3.55. The van der Waals surface area contributed by atoms with Crippen molar-refractivity contribution in [2.45, 2.75) is 25.4 Å². The van der Waals surface area contributed by atoms with E-state index < -0.39 is 11.4 Å². The summed E-state index contributed by atoms with van der Waals surface area (Å²) in [6.45, 7) is 1.74. The van der Waals surface area contributed by atoms with Crippen LogP contribution in [0.4, 0.5) is 4.39 Å². The van der Waals surface area contributed by atoms with Gasteiger partial charge in [-0.05, 0) is 42.3 Å². The summed E-state index contributed by atoms with van der Waals surface area (Å²) < 4.78 is 18.6. The monoisotopic (exact) mass is 308 g/mol. The Hall–Kier alpha value is -1.58. The van der Waals surface area contributed by atoms with E-state index in [-0.39, 0.29) is 5.75 Å². The summed E-state index contributed by atoms with van der Waals surface area (Å²) in [5.41, 5.74) is 0.750. The average Bonchev–Trinajstić information content (AvgIpc) is 2.41. The van der Waals surface area contributed by atoms with Crippen LogP contribution in [0.15, 0.2) is 42.5 Å². The molecule has 0 amide bonds. The Morgan fingerprint density at radius 2 is 1.67 bits per heavy atom. The van der Waals surface area contributed by atoms with Crippen molar-refractivity contribution in [2.75, 3.05) is 7.11 Å². The molecule has 1 atom stereocenters. The highest BCUT2D eigenvalue weighted by Gasteiger charge is 2.22. The molecule has 1 unspecified atom stereocenters. The molecule has 0 bridgehead atoms. The SMILES string of the molecule is COc1ccc(CC(C)(O)Cc2ccc(Cl)cc2)cc1F. The van der Waals surface area contributed by atoms with Crippen molar-refractivity contribution >= 4 is 11.6 Å². The van der Waals surface area contributed by atoms with Gasteiger partial charge in [0.15, 0.2) is 11.6 Å². The van der Waals surface area contributed by atoms with Gasteiger partial charge in [-0.3, -0.25) is 0 Å². The van der Waals surface area contributed by atoms with E-state index in [1.807, 2.05) is 12.1 Å². The minimum atomic E-state index is -0.963. The van der Waals surface area contributed by atoms with Gasteiger partial charge in [0.25, 0.3) is 0 Å². The van der Waals surface area contributed by atoms with E-state index in [2.05, 4.69) is 0 Å². The van der Waals surface area contributed by atoms with Crippen molar-refractivity contribution in [1.82, 2.24) is 0 Å². The number of aliphatic hydroxyl groups is 1. The fourth-order valence-corrected chi connectivity index (χ4v) is 2.49. The molecule has 4 heteroatoms. The average molecular weight is 309 g/mol. The Morgan fingerprint density at radius 1 is 1.10 bits per heavy atom. The maximum Gasteiger partial charge on any atom is 0.165 e. The maximum atomic E-state index is 13.7. The van der Waals surface area contributed by atoms with Crippen LogP contribution in [-0.4, -0.2) is 17.8 Å². The van der Waals surface area contributed by atoms with Crippen molar-refractivity contribution in [3.8, 4) is 5.75 Å². The largest absolute Gasteiger partial charge is 0.494 e. The number of rotatable bonds is 5. The van der Waals surface area contributed by atoms with Gasteiger partial charge in [-0.15, -0.1) is 0 Å². The molecule has 2 nitrogen and oxygen atoms in total. The van der Waals surface area contributed by atoms with Gasteiger partial charge in [0, 0.05) is 17.9 Å². The van der Waals surface area contributed by atoms with Crippen LogP contribution in [0.2, 0.25) is 5.02 Å². The van der Waals surface area contributed by atoms with Crippen LogP contribution in [0.25, 0.3) is 0 Å². The van der Waals surface area contributed by atoms with Gasteiger partial charge in [0.05, 0.1) is 12.7 Å². The van der Waals surface area contributed by atoms with Crippen molar-refractivity contribution in [3.05, 3.63) is 64.4 Å². The molecular formula is C17H18ClFO2. The summed E-state index contributed by atoms with van der Waals surface area (Å²) in [5, 5.41) is 11.2. The number of hydrogen-bond acceptors (Lipinski definition) is 2. The van der Waals surface area contributed by atoms with Crippen LogP contribution in [-0.2, 0) is 12.8 Å². The molecule has 0 aromatic heterocycles. The van der Waals surface area contributed by atoms with E-state index in [1.165, 1.54) is 13.2 Å². The number of ether oxygens (including phenoxy) is 1. The van der Waals surface area contributed by atoms with Crippen molar-refractivity contribution in [3.63, 3.8) is 0 Å². The highest BCUT2D eigenvalue weighted by molar-refractivity contribution is 6.30. The predicted molar refractivity (Wildman–Crippen MR) is 82.4 cm³/mol. The van der Waals surface area contributed by atoms with Gasteiger partial charge in [-0.25, -0.2) is 4.39 Å². The Morgan fingerprint density at radius 3 is 2.24 bits per heavy atom. The van der Waals surface area contributed by atoms with Crippen molar-refractivity contribution in [2.24, 2.45) is 0 Å². The summed E-state index contributed by atoms with van der Waals surface area (Å²) >= 11 is 5.84. The first-order chi connectivity index (χ1) is 9.89. The molecule has 0 heterocycles. The normalized spacial score (nSPS) is 13.8. The highest BCUT2D eigenvalue weighted by atomic mass is 35.5. The molecule has 112 valence electrons. The lowest BCUT2D eigenvalue weighted by Crippen LogP contribution is -2.30. The molecule has 0 saturated heterocycles. The van der Waals surface area contributed by atoms with Crippen LogP contribution >= 0.6 is 11.6 Å². The first-order valence-corrected chi connectivity index (χ1v) is 7.07. The summed E-state index contributed by atoms with van der Waals surface area (Å²) in [5.74, 6) is -0.214. The topological polar surface area (TPSA) is 29.5 Å². The zero-order valence-electron chi connectivity index (χ0n) is 12.1. The summed E-state index contributed by atoms with van der Waals surface area (Å²) in [6, 6.07) is 12.1. The van der Waals surface area contributed by atoms with Crippen LogP contribution in [0.5, 0.6) is 5.75 Å². The molecule has 0 spiro atoms. The Bertz CT molecular complexity index is 609. The van der Waals surface area contributed by atoms with E-state index in [0.29, 0.717) is 17.9 Å². The molecule has 0 saturated carbocycles. The molecular weight excluding hydrogens is 291 g/mol. The fourth-order valence-electron chi connectivity index (χ4n) is 2.36. The van der Waals surface area contributed by atoms with Gasteiger partial charge in [0.1, 0.15) is 0 Å². The first kappa shape index (κ1) is 15.8. The van der Waals surface area contributed by atoms with E-state index >= 15 is 0 Å². The van der Waals surface area contributed by atoms with Crippen molar-refractivity contribution < 1.29 is 14.2 Å². The van der Waals surface area contributed by atoms with Crippen molar-refractivity contribution in [1.29, 1.82) is 0 Å². The molecule has 1 N–H and O–H groups in total. The van der Waals surface area contributed by atoms with Gasteiger partial charge < -0.3 is 9.84 Å². The standard InChI is InChI=1S/C17H18ClFO2/c1-17(20,10-12-3-6-14(18)7-4-12)11-13-5-8-16(21-2)15(19)9-13/h3-9,20H,10-11H2,1-2H3. The Balaban J connectivity index is 2.09. The summed E-state index contributed by atoms with van der Waals surface area (Å²) in [7, 11) is 1.43. The number of hydrogen-bond donors (Lipinski definition) is 1. The Kier molecular flexibility index (Phi) is 4.86. The van der Waals surface area contributed by atoms with Gasteiger partial charge >= 0.3 is 0 Å². The maximum absolute atomic E-state index is 13.7. The number of halogens is 2. The predicted octanol–water partition coefficient (Wildman–Crippen LogP) is 4.02. The third kappa shape index (κ3) is 4.45. The minimum Gasteiger partial charge on any atom is -0.494 e. The lowest BCUT2D eigenvalue weighted by Gasteiger charge is -2.24. The van der Waals surface area contributed by atoms with E-state index in [9.17, 15) is 9.50 Å². The zero-order chi connectivity index (χ0) is 15.5. The number of benzene rings is 2. The van der Waals surface area contributed by atoms with Crippen LogP contribution in [0.1, 0.15) is 18.1 Å². The summed E-state index contributed by atoms with van der Waals surface area (Å²) in [4.78, 5) is 0. The van der Waals surface area contributed by atoms with Crippen LogP contribution in [0.3, 0.4) is 0 Å². The molecule has 2 aromatic carbocycles. The molecule has 0 aliphatic carbocycles. The van der Waals surface area contributed by atoms with Gasteiger partial charge in [0.2, 0.25) is 0 Å². The minimum absolute atomic E-state index is 0.205. The molecule has 2 aromatic rings. The Labute approximate surface area is 129 Å². The number of methoxy groups -OCH3 is 1. The summed E-state index contributed by atoms with van der Waals surface area (Å²) in [6.07, 6.45) is 0.828. The highest BCUT2D eigenvalue weighted by Crippen LogP contribution is 2.23. The van der Waals surface area contributed by atoms with Crippen LogP contribution in [0, 0.1) is 5.82 Å². The van der Waals surface area contributed by atoms with Gasteiger partial charge in [-0.2, -0.15) is 0 Å². The van der Waals surface area contributed by atoms with Crippen LogP contribution < -0.4 is 4.74 Å². The second kappa shape index (κ2) is 6.46. The quantitative estimate of drug-likeness (QED) is 0.904. The molecule has 0 aliphatic heterocycles. The molecule has 0 radical (unpaired) electrons. The zero-order valence-corrected chi connectivity index (χ0v) is 12.8. The second-order valence-corrected chi connectivity index (χ2v) is 5.88.